The summed E-state index contributed by atoms with van der Waals surface area (Å²) in [6, 6.07) is 0. The van der Waals surface area contributed by atoms with Crippen LogP contribution < -0.4 is 0 Å². The number of hydrogen-bond acceptors (Lipinski definition) is 2. The average molecular weight is 177 g/mol. The quantitative estimate of drug-likeness (QED) is 0.649. The van der Waals surface area contributed by atoms with Crippen molar-refractivity contribution in [2.45, 2.75) is 12.8 Å². The molecule has 0 aliphatic rings. The molecule has 0 aromatic carbocycles. The van der Waals surface area contributed by atoms with E-state index in [0.29, 0.717) is 5.12 Å². The second kappa shape index (κ2) is 5.61. The molecule has 0 saturated carbocycles. The summed E-state index contributed by atoms with van der Waals surface area (Å²) in [7, 11) is 3.72. The molecule has 0 fully saturated rings. The van der Waals surface area contributed by atoms with E-state index >= 15 is 0 Å². The van der Waals surface area contributed by atoms with Crippen LogP contribution in [0.2, 0.25) is 0 Å². The van der Waals surface area contributed by atoms with Crippen LogP contribution in [0.15, 0.2) is 0 Å². The summed E-state index contributed by atoms with van der Waals surface area (Å²) in [4.78, 5) is 13.2. The van der Waals surface area contributed by atoms with Gasteiger partial charge in [0.1, 0.15) is 0 Å². The minimum Gasteiger partial charge on any atom is -0.309 e. The van der Waals surface area contributed by atoms with E-state index in [4.69, 9.17) is 0 Å². The van der Waals surface area contributed by atoms with Crippen molar-refractivity contribution in [2.24, 2.45) is 0 Å². The van der Waals surface area contributed by atoms with E-state index in [1.807, 2.05) is 26.6 Å². The summed E-state index contributed by atoms with van der Waals surface area (Å²) in [5.41, 5.74) is 0. The Hall–Kier alpha value is -0.0200. The van der Waals surface area contributed by atoms with Crippen LogP contribution in [0.1, 0.15) is 12.8 Å². The third-order valence-electron chi connectivity index (χ3n) is 1.49. The molecule has 0 spiro atoms. The van der Waals surface area contributed by atoms with Gasteiger partial charge in [0.05, 0.1) is 0 Å². The van der Waals surface area contributed by atoms with Crippen molar-refractivity contribution in [3.63, 3.8) is 0 Å². The Kier molecular flexibility index (Phi) is 5.60. The van der Waals surface area contributed by atoms with Crippen molar-refractivity contribution in [1.29, 1.82) is 0 Å². The Morgan fingerprint density at radius 2 is 1.91 bits per heavy atom. The van der Waals surface area contributed by atoms with E-state index in [1.54, 1.807) is 0 Å². The second-order valence-corrected chi connectivity index (χ2v) is 5.48. The zero-order valence-corrected chi connectivity index (χ0v) is 8.82. The number of carbonyl (C=O) groups is 1. The molecular weight excluding hydrogens is 158 g/mol. The summed E-state index contributed by atoms with van der Waals surface area (Å²) in [5.74, 6) is 0. The van der Waals surface area contributed by atoms with Gasteiger partial charge in [0, 0.05) is 6.42 Å². The molecule has 0 unspecified atom stereocenters. The number of rotatable bonds is 4. The van der Waals surface area contributed by atoms with Gasteiger partial charge in [-0.15, -0.1) is 0 Å². The van der Waals surface area contributed by atoms with Crippen molar-refractivity contribution >= 4 is 16.0 Å². The van der Waals surface area contributed by atoms with Gasteiger partial charge in [-0.3, -0.25) is 4.79 Å². The standard InChI is InChI=1S/C8H19NOS/c1-9(2)7-5-6-8(10)11(3)4/h11H,5-7H2,1-4H3. The minimum absolute atomic E-state index is 0.350. The van der Waals surface area contributed by atoms with Gasteiger partial charge in [-0.25, -0.2) is 10.9 Å². The number of thiol groups is 1. The molecule has 0 aromatic rings. The molecule has 0 radical (unpaired) electrons. The molecule has 0 rings (SSSR count). The molecule has 0 aromatic heterocycles. The molecule has 0 aliphatic heterocycles. The topological polar surface area (TPSA) is 20.3 Å². The lowest BCUT2D eigenvalue weighted by atomic mass is 10.3. The zero-order chi connectivity index (χ0) is 8.85. The number of hydrogen-bond donors (Lipinski definition) is 1. The molecule has 0 bridgehead atoms. The van der Waals surface area contributed by atoms with E-state index in [1.165, 1.54) is 0 Å². The van der Waals surface area contributed by atoms with E-state index in [2.05, 4.69) is 4.90 Å². The zero-order valence-electron chi connectivity index (χ0n) is 7.92. The maximum absolute atomic E-state index is 11.1. The van der Waals surface area contributed by atoms with Gasteiger partial charge >= 0.3 is 0 Å². The molecule has 0 atom stereocenters. The molecule has 0 amide bonds. The van der Waals surface area contributed by atoms with Gasteiger partial charge in [0.2, 0.25) is 0 Å². The fraction of sp³-hybridized carbons (Fsp3) is 0.875. The second-order valence-electron chi connectivity index (χ2n) is 3.19. The van der Waals surface area contributed by atoms with Crippen molar-refractivity contribution in [2.75, 3.05) is 33.2 Å². The predicted octanol–water partition coefficient (Wildman–Crippen LogP) is 1.12. The summed E-state index contributed by atoms with van der Waals surface area (Å²) < 4.78 is 0. The number of carbonyl (C=O) groups excluding carboxylic acids is 1. The first-order valence-electron chi connectivity index (χ1n) is 3.89. The summed E-state index contributed by atoms with van der Waals surface area (Å²) >= 11 is 0. The lowest BCUT2D eigenvalue weighted by molar-refractivity contribution is -0.111. The Morgan fingerprint density at radius 1 is 1.36 bits per heavy atom. The van der Waals surface area contributed by atoms with Gasteiger partial charge in [-0.2, -0.15) is 0 Å². The lowest BCUT2D eigenvalue weighted by Crippen LogP contribution is -2.14. The Labute approximate surface area is 72.3 Å². The smallest absolute Gasteiger partial charge is 0.169 e. The van der Waals surface area contributed by atoms with Crippen molar-refractivity contribution < 1.29 is 4.79 Å². The minimum atomic E-state index is -0.350. The molecule has 0 N–H and O–H groups in total. The SMILES string of the molecule is CN(C)CCCC(=O)[SH](C)C. The summed E-state index contributed by atoms with van der Waals surface area (Å²) in [6.07, 6.45) is 5.81. The van der Waals surface area contributed by atoms with E-state index in [0.717, 1.165) is 19.4 Å². The highest BCUT2D eigenvalue weighted by atomic mass is 32.2. The van der Waals surface area contributed by atoms with Crippen LogP contribution in [0.25, 0.3) is 0 Å². The fourth-order valence-electron chi connectivity index (χ4n) is 0.770. The van der Waals surface area contributed by atoms with Crippen LogP contribution in [0.3, 0.4) is 0 Å². The fourth-order valence-corrected chi connectivity index (χ4v) is 1.38. The third-order valence-corrected chi connectivity index (χ3v) is 2.72. The van der Waals surface area contributed by atoms with Crippen LogP contribution in [0.5, 0.6) is 0 Å². The highest BCUT2D eigenvalue weighted by Crippen LogP contribution is 2.17. The molecule has 68 valence electrons. The van der Waals surface area contributed by atoms with Gasteiger partial charge < -0.3 is 4.90 Å². The maximum atomic E-state index is 11.1. The van der Waals surface area contributed by atoms with Crippen LogP contribution >= 0.6 is 10.9 Å². The highest BCUT2D eigenvalue weighted by Gasteiger charge is 2.02. The van der Waals surface area contributed by atoms with E-state index in [9.17, 15) is 4.79 Å². The van der Waals surface area contributed by atoms with Crippen LogP contribution in [0, 0.1) is 0 Å². The van der Waals surface area contributed by atoms with E-state index in [-0.39, 0.29) is 10.9 Å². The average Bonchev–Trinajstić information content (AvgIpc) is 1.86. The molecular formula is C8H19NOS. The molecule has 3 heteroatoms. The number of nitrogens with zero attached hydrogens (tertiary/aromatic N) is 1. The molecule has 2 nitrogen and oxygen atoms in total. The van der Waals surface area contributed by atoms with Gasteiger partial charge in [-0.05, 0) is 39.6 Å². The Bertz CT molecular complexity index is 123. The summed E-state index contributed by atoms with van der Waals surface area (Å²) in [5, 5.41) is 0.446. The van der Waals surface area contributed by atoms with Crippen LogP contribution in [-0.4, -0.2) is 43.2 Å². The van der Waals surface area contributed by atoms with Gasteiger partial charge in [0.15, 0.2) is 5.12 Å². The molecule has 0 saturated heterocycles. The van der Waals surface area contributed by atoms with E-state index < -0.39 is 0 Å². The first kappa shape index (κ1) is 11.0. The molecule has 0 aliphatic carbocycles. The maximum Gasteiger partial charge on any atom is 0.169 e. The first-order chi connectivity index (χ1) is 5.04. The normalized spacial score (nSPS) is 11.9. The molecule has 11 heavy (non-hydrogen) atoms. The van der Waals surface area contributed by atoms with Gasteiger partial charge in [0.25, 0.3) is 0 Å². The van der Waals surface area contributed by atoms with Crippen LogP contribution in [-0.2, 0) is 4.79 Å². The van der Waals surface area contributed by atoms with Crippen molar-refractivity contribution in [3.8, 4) is 0 Å². The summed E-state index contributed by atoms with van der Waals surface area (Å²) in [6.45, 7) is 1.02. The lowest BCUT2D eigenvalue weighted by Gasteiger charge is -2.10. The van der Waals surface area contributed by atoms with Crippen molar-refractivity contribution in [3.05, 3.63) is 0 Å². The monoisotopic (exact) mass is 177 g/mol. The third kappa shape index (κ3) is 6.38. The Morgan fingerprint density at radius 3 is 2.27 bits per heavy atom. The van der Waals surface area contributed by atoms with Crippen LogP contribution in [0.4, 0.5) is 0 Å². The van der Waals surface area contributed by atoms with Gasteiger partial charge in [-0.1, -0.05) is 0 Å². The van der Waals surface area contributed by atoms with Crippen molar-refractivity contribution in [1.82, 2.24) is 4.90 Å². The molecule has 0 heterocycles. The Balaban J connectivity index is 3.32. The predicted molar refractivity (Wildman–Crippen MR) is 53.6 cm³/mol. The highest BCUT2D eigenvalue weighted by molar-refractivity contribution is 8.28. The first-order valence-corrected chi connectivity index (χ1v) is 6.12. The largest absolute Gasteiger partial charge is 0.309 e.